The van der Waals surface area contributed by atoms with Crippen LogP contribution in [0.2, 0.25) is 0 Å². The fourth-order valence-corrected chi connectivity index (χ4v) is 2.58. The Kier molecular flexibility index (Phi) is 3.78. The molecule has 2 heterocycles. The minimum Gasteiger partial charge on any atom is -0.396 e. The molecule has 5 nitrogen and oxygen atoms in total. The smallest absolute Gasteiger partial charge is 0.239 e. The predicted molar refractivity (Wildman–Crippen MR) is 58.8 cm³/mol. The number of carbonyl (C=O) groups excluding carboxylic acids is 1. The summed E-state index contributed by atoms with van der Waals surface area (Å²) in [6.45, 7) is 2.27. The van der Waals surface area contributed by atoms with Crippen molar-refractivity contribution < 1.29 is 15.0 Å². The van der Waals surface area contributed by atoms with Gasteiger partial charge in [0.15, 0.2) is 0 Å². The van der Waals surface area contributed by atoms with Crippen LogP contribution in [0.25, 0.3) is 0 Å². The van der Waals surface area contributed by atoms with Crippen molar-refractivity contribution in [3.63, 3.8) is 0 Å². The van der Waals surface area contributed by atoms with Crippen molar-refractivity contribution in [3.05, 3.63) is 0 Å². The first kappa shape index (κ1) is 11.8. The molecule has 2 rings (SSSR count). The second-order valence-corrected chi connectivity index (χ2v) is 4.80. The van der Waals surface area contributed by atoms with E-state index in [0.717, 1.165) is 25.9 Å². The summed E-state index contributed by atoms with van der Waals surface area (Å²) in [5.41, 5.74) is 0. The lowest BCUT2D eigenvalue weighted by molar-refractivity contribution is -0.132. The summed E-state index contributed by atoms with van der Waals surface area (Å²) in [4.78, 5) is 13.9. The normalized spacial score (nSPS) is 34.6. The third-order valence-corrected chi connectivity index (χ3v) is 3.54. The molecule has 3 atom stereocenters. The number of amides is 1. The maximum absolute atomic E-state index is 12.0. The Labute approximate surface area is 95.4 Å². The van der Waals surface area contributed by atoms with E-state index in [9.17, 15) is 9.90 Å². The van der Waals surface area contributed by atoms with Crippen molar-refractivity contribution in [2.45, 2.75) is 31.4 Å². The molecule has 0 radical (unpaired) electrons. The van der Waals surface area contributed by atoms with Gasteiger partial charge in [0.1, 0.15) is 0 Å². The van der Waals surface area contributed by atoms with Gasteiger partial charge in [0.2, 0.25) is 5.91 Å². The summed E-state index contributed by atoms with van der Waals surface area (Å²) in [5.74, 6) is 0.553. The second kappa shape index (κ2) is 5.12. The second-order valence-electron chi connectivity index (χ2n) is 4.80. The topological polar surface area (TPSA) is 72.8 Å². The van der Waals surface area contributed by atoms with Crippen molar-refractivity contribution in [2.24, 2.45) is 5.92 Å². The quantitative estimate of drug-likeness (QED) is 0.576. The predicted octanol–water partition coefficient (Wildman–Crippen LogP) is -1.06. The van der Waals surface area contributed by atoms with Gasteiger partial charge in [-0.1, -0.05) is 0 Å². The Balaban J connectivity index is 1.82. The third kappa shape index (κ3) is 2.53. The fraction of sp³-hybridized carbons (Fsp3) is 0.909. The van der Waals surface area contributed by atoms with E-state index in [1.54, 1.807) is 0 Å². The number of likely N-dealkylation sites (tertiary alicyclic amines) is 1. The molecule has 2 aliphatic heterocycles. The Morgan fingerprint density at radius 1 is 1.50 bits per heavy atom. The van der Waals surface area contributed by atoms with Crippen LogP contribution in [0.5, 0.6) is 0 Å². The zero-order chi connectivity index (χ0) is 11.5. The van der Waals surface area contributed by atoms with Gasteiger partial charge >= 0.3 is 0 Å². The van der Waals surface area contributed by atoms with Crippen molar-refractivity contribution in [3.8, 4) is 0 Å². The van der Waals surface area contributed by atoms with E-state index in [-0.39, 0.29) is 24.7 Å². The van der Waals surface area contributed by atoms with E-state index in [0.29, 0.717) is 18.9 Å². The standard InChI is InChI=1S/C11H20N2O3/c14-4-2-8-1-3-13(7-8)11(16)10-5-9(15)6-12-10/h8-10,12,14-15H,1-7H2. The molecule has 0 aromatic carbocycles. The van der Waals surface area contributed by atoms with Gasteiger partial charge < -0.3 is 20.4 Å². The average molecular weight is 228 g/mol. The van der Waals surface area contributed by atoms with Gasteiger partial charge in [-0.15, -0.1) is 0 Å². The van der Waals surface area contributed by atoms with Gasteiger partial charge in [-0.2, -0.15) is 0 Å². The number of hydrogen-bond donors (Lipinski definition) is 3. The number of β-amino-alcohol motifs (C(OH)–C–C–N with tert-alkyl or cyclic N) is 1. The molecule has 1 amide bonds. The highest BCUT2D eigenvalue weighted by atomic mass is 16.3. The lowest BCUT2D eigenvalue weighted by Gasteiger charge is -2.20. The zero-order valence-electron chi connectivity index (χ0n) is 9.43. The van der Waals surface area contributed by atoms with E-state index in [2.05, 4.69) is 5.32 Å². The molecular formula is C11H20N2O3. The molecular weight excluding hydrogens is 208 g/mol. The van der Waals surface area contributed by atoms with Crippen LogP contribution in [0.1, 0.15) is 19.3 Å². The first-order valence-corrected chi connectivity index (χ1v) is 6.02. The number of nitrogens with zero attached hydrogens (tertiary/aromatic N) is 1. The minimum absolute atomic E-state index is 0.108. The Morgan fingerprint density at radius 2 is 2.31 bits per heavy atom. The highest BCUT2D eigenvalue weighted by Gasteiger charge is 2.34. The van der Waals surface area contributed by atoms with Crippen molar-refractivity contribution >= 4 is 5.91 Å². The molecule has 0 bridgehead atoms. The first-order valence-electron chi connectivity index (χ1n) is 6.02. The van der Waals surface area contributed by atoms with Crippen LogP contribution < -0.4 is 5.32 Å². The average Bonchev–Trinajstić information content (AvgIpc) is 2.87. The van der Waals surface area contributed by atoms with Crippen LogP contribution in [-0.2, 0) is 4.79 Å². The molecule has 0 aliphatic carbocycles. The summed E-state index contributed by atoms with van der Waals surface area (Å²) >= 11 is 0. The molecule has 3 N–H and O–H groups in total. The van der Waals surface area contributed by atoms with Gasteiger partial charge in [0, 0.05) is 26.2 Å². The minimum atomic E-state index is -0.384. The molecule has 5 heteroatoms. The summed E-state index contributed by atoms with van der Waals surface area (Å²) in [6.07, 6.45) is 1.91. The zero-order valence-corrected chi connectivity index (χ0v) is 9.43. The highest BCUT2D eigenvalue weighted by molar-refractivity contribution is 5.82. The van der Waals surface area contributed by atoms with Crippen molar-refractivity contribution in [2.75, 3.05) is 26.2 Å². The number of rotatable bonds is 3. The lowest BCUT2D eigenvalue weighted by atomic mass is 10.1. The maximum atomic E-state index is 12.0. The Morgan fingerprint density at radius 3 is 2.94 bits per heavy atom. The van der Waals surface area contributed by atoms with Crippen LogP contribution in [0, 0.1) is 5.92 Å². The SMILES string of the molecule is O=C(C1CC(O)CN1)N1CCC(CCO)C1. The van der Waals surface area contributed by atoms with Crippen LogP contribution >= 0.6 is 0 Å². The highest BCUT2D eigenvalue weighted by Crippen LogP contribution is 2.21. The van der Waals surface area contributed by atoms with Crippen LogP contribution in [0.3, 0.4) is 0 Å². The molecule has 2 fully saturated rings. The molecule has 0 spiro atoms. The van der Waals surface area contributed by atoms with Crippen molar-refractivity contribution in [1.82, 2.24) is 10.2 Å². The van der Waals surface area contributed by atoms with Crippen LogP contribution in [-0.4, -0.2) is 59.4 Å². The number of carbonyl (C=O) groups is 1. The van der Waals surface area contributed by atoms with E-state index in [4.69, 9.17) is 5.11 Å². The number of hydrogen-bond acceptors (Lipinski definition) is 4. The molecule has 0 saturated carbocycles. The van der Waals surface area contributed by atoms with Gasteiger partial charge in [-0.25, -0.2) is 0 Å². The summed E-state index contributed by atoms with van der Waals surface area (Å²) in [6, 6.07) is -0.206. The van der Waals surface area contributed by atoms with E-state index in [1.165, 1.54) is 0 Å². The van der Waals surface area contributed by atoms with E-state index >= 15 is 0 Å². The number of aliphatic hydroxyl groups excluding tert-OH is 2. The van der Waals surface area contributed by atoms with E-state index in [1.807, 2.05) is 4.90 Å². The van der Waals surface area contributed by atoms with Gasteiger partial charge in [-0.05, 0) is 25.2 Å². The largest absolute Gasteiger partial charge is 0.396 e. The lowest BCUT2D eigenvalue weighted by Crippen LogP contribution is -2.42. The van der Waals surface area contributed by atoms with E-state index < -0.39 is 0 Å². The molecule has 3 unspecified atom stereocenters. The van der Waals surface area contributed by atoms with Crippen molar-refractivity contribution in [1.29, 1.82) is 0 Å². The summed E-state index contributed by atoms with van der Waals surface area (Å²) < 4.78 is 0. The first-order chi connectivity index (χ1) is 7.70. The van der Waals surface area contributed by atoms with Gasteiger partial charge in [0.05, 0.1) is 12.1 Å². The van der Waals surface area contributed by atoms with Crippen LogP contribution in [0.4, 0.5) is 0 Å². The maximum Gasteiger partial charge on any atom is 0.239 e. The fourth-order valence-electron chi connectivity index (χ4n) is 2.58. The number of nitrogens with one attached hydrogen (secondary N) is 1. The molecule has 0 aromatic heterocycles. The Hall–Kier alpha value is -0.650. The molecule has 2 aliphatic rings. The monoisotopic (exact) mass is 228 g/mol. The van der Waals surface area contributed by atoms with Gasteiger partial charge in [0.25, 0.3) is 0 Å². The van der Waals surface area contributed by atoms with Gasteiger partial charge in [-0.3, -0.25) is 4.79 Å². The Bertz CT molecular complexity index is 260. The molecule has 2 saturated heterocycles. The summed E-state index contributed by atoms with van der Waals surface area (Å²) in [7, 11) is 0. The molecule has 0 aromatic rings. The molecule has 92 valence electrons. The molecule has 16 heavy (non-hydrogen) atoms. The van der Waals surface area contributed by atoms with Crippen LogP contribution in [0.15, 0.2) is 0 Å². The third-order valence-electron chi connectivity index (χ3n) is 3.54. The summed E-state index contributed by atoms with van der Waals surface area (Å²) in [5, 5.41) is 21.2. The number of aliphatic hydroxyl groups is 2.